The molecule has 4 nitrogen and oxygen atoms in total. The van der Waals surface area contributed by atoms with Gasteiger partial charge in [0.25, 0.3) is 0 Å². The van der Waals surface area contributed by atoms with Gasteiger partial charge in [-0.25, -0.2) is 0 Å². The summed E-state index contributed by atoms with van der Waals surface area (Å²) in [6.45, 7) is 4.98. The third-order valence-electron chi connectivity index (χ3n) is 4.29. The Morgan fingerprint density at radius 1 is 1.11 bits per heavy atom. The molecule has 0 aliphatic heterocycles. The van der Waals surface area contributed by atoms with E-state index in [1.165, 1.54) is 5.56 Å². The van der Waals surface area contributed by atoms with E-state index >= 15 is 0 Å². The number of halogens is 1. The van der Waals surface area contributed by atoms with E-state index in [1.807, 2.05) is 25.1 Å². The highest BCUT2D eigenvalue weighted by molar-refractivity contribution is 5.95. The lowest BCUT2D eigenvalue weighted by Gasteiger charge is -2.16. The predicted octanol–water partition coefficient (Wildman–Crippen LogP) is 4.05. The number of ether oxygens (including phenoxy) is 1. The maximum Gasteiger partial charge on any atom is 0.162 e. The summed E-state index contributed by atoms with van der Waals surface area (Å²) in [5.74, 6) is 0.786. The third-order valence-corrected chi connectivity index (χ3v) is 4.29. The number of benzene rings is 2. The van der Waals surface area contributed by atoms with Gasteiger partial charge in [0.1, 0.15) is 12.4 Å². The molecule has 0 aliphatic carbocycles. The first-order valence-electron chi connectivity index (χ1n) is 9.30. The van der Waals surface area contributed by atoms with Crippen LogP contribution in [0.25, 0.3) is 0 Å². The topological polar surface area (TPSA) is 58.6 Å². The van der Waals surface area contributed by atoms with Crippen molar-refractivity contribution in [2.45, 2.75) is 45.3 Å². The summed E-state index contributed by atoms with van der Waals surface area (Å²) in [4.78, 5) is 11.6. The lowest BCUT2D eigenvalue weighted by atomic mass is 10.1. The number of carbonyl (C=O) groups is 1. The summed E-state index contributed by atoms with van der Waals surface area (Å²) in [5.41, 5.74) is 2.00. The smallest absolute Gasteiger partial charge is 0.162 e. The molecule has 148 valence electrons. The lowest BCUT2D eigenvalue weighted by Crippen LogP contribution is -2.32. The average Bonchev–Trinajstić information content (AvgIpc) is 2.67. The van der Waals surface area contributed by atoms with Crippen LogP contribution in [0, 0.1) is 0 Å². The van der Waals surface area contributed by atoms with Gasteiger partial charge in [0.05, 0.1) is 6.10 Å². The van der Waals surface area contributed by atoms with Gasteiger partial charge in [0.2, 0.25) is 0 Å². The van der Waals surface area contributed by atoms with Crippen molar-refractivity contribution in [2.24, 2.45) is 0 Å². The van der Waals surface area contributed by atoms with Gasteiger partial charge in [0, 0.05) is 18.0 Å². The van der Waals surface area contributed by atoms with Crippen LogP contribution in [0.2, 0.25) is 0 Å². The Kier molecular flexibility index (Phi) is 10.7. The standard InChI is InChI=1S/C22H29NO3.ClH/c1-3-22(25)19-9-11-21(12-10-19)26-16-20(24)13-14-23-17(2)15-18-7-5-4-6-8-18;/h4-12,17,20,23-24H,3,13-16H2,1-2H3;1H. The molecule has 0 aliphatic rings. The highest BCUT2D eigenvalue weighted by Gasteiger charge is 2.08. The number of rotatable bonds is 11. The van der Waals surface area contributed by atoms with Crippen LogP contribution >= 0.6 is 12.4 Å². The molecule has 2 rings (SSSR count). The quantitative estimate of drug-likeness (QED) is 0.567. The zero-order valence-corrected chi connectivity index (χ0v) is 16.9. The van der Waals surface area contributed by atoms with Crippen molar-refractivity contribution >= 4 is 18.2 Å². The van der Waals surface area contributed by atoms with Crippen molar-refractivity contribution in [1.82, 2.24) is 5.32 Å². The van der Waals surface area contributed by atoms with Crippen molar-refractivity contribution in [3.8, 4) is 5.75 Å². The van der Waals surface area contributed by atoms with Crippen molar-refractivity contribution in [3.63, 3.8) is 0 Å². The molecule has 0 bridgehead atoms. The molecule has 2 atom stereocenters. The Morgan fingerprint density at radius 2 is 1.78 bits per heavy atom. The van der Waals surface area contributed by atoms with E-state index in [1.54, 1.807) is 24.3 Å². The van der Waals surface area contributed by atoms with E-state index in [4.69, 9.17) is 4.74 Å². The van der Waals surface area contributed by atoms with Gasteiger partial charge in [-0.15, -0.1) is 12.4 Å². The lowest BCUT2D eigenvalue weighted by molar-refractivity contribution is 0.0979. The monoisotopic (exact) mass is 391 g/mol. The van der Waals surface area contributed by atoms with Crippen LogP contribution in [0.3, 0.4) is 0 Å². The van der Waals surface area contributed by atoms with Crippen LogP contribution < -0.4 is 10.1 Å². The number of carbonyl (C=O) groups excluding carboxylic acids is 1. The minimum absolute atomic E-state index is 0. The van der Waals surface area contributed by atoms with Crippen LogP contribution in [0.1, 0.15) is 42.6 Å². The van der Waals surface area contributed by atoms with Gasteiger partial charge in [-0.1, -0.05) is 37.3 Å². The normalized spacial score (nSPS) is 12.7. The number of hydrogen-bond acceptors (Lipinski definition) is 4. The molecule has 0 fully saturated rings. The molecule has 0 aromatic heterocycles. The molecule has 2 aromatic carbocycles. The first-order chi connectivity index (χ1) is 12.6. The fourth-order valence-corrected chi connectivity index (χ4v) is 2.75. The highest BCUT2D eigenvalue weighted by Crippen LogP contribution is 2.14. The number of aliphatic hydroxyl groups is 1. The fourth-order valence-electron chi connectivity index (χ4n) is 2.75. The Balaban J connectivity index is 0.00000364. The molecule has 0 spiro atoms. The molecule has 0 saturated carbocycles. The second-order valence-electron chi connectivity index (χ2n) is 6.60. The fraction of sp³-hybridized carbons (Fsp3) is 0.409. The Labute approximate surface area is 168 Å². The molecular weight excluding hydrogens is 362 g/mol. The van der Waals surface area contributed by atoms with Gasteiger partial charge < -0.3 is 15.2 Å². The SMILES string of the molecule is CCC(=O)c1ccc(OCC(O)CCNC(C)Cc2ccccc2)cc1.Cl. The van der Waals surface area contributed by atoms with Gasteiger partial charge in [0.15, 0.2) is 5.78 Å². The van der Waals surface area contributed by atoms with Gasteiger partial charge >= 0.3 is 0 Å². The largest absolute Gasteiger partial charge is 0.491 e. The van der Waals surface area contributed by atoms with Crippen LogP contribution in [-0.4, -0.2) is 36.2 Å². The van der Waals surface area contributed by atoms with Gasteiger partial charge in [-0.3, -0.25) is 4.79 Å². The summed E-state index contributed by atoms with van der Waals surface area (Å²) in [6, 6.07) is 17.8. The van der Waals surface area contributed by atoms with E-state index in [9.17, 15) is 9.90 Å². The summed E-state index contributed by atoms with van der Waals surface area (Å²) < 4.78 is 5.60. The zero-order valence-electron chi connectivity index (χ0n) is 16.1. The molecule has 0 radical (unpaired) electrons. The second-order valence-corrected chi connectivity index (χ2v) is 6.60. The van der Waals surface area contributed by atoms with Crippen molar-refractivity contribution < 1.29 is 14.6 Å². The molecular formula is C22H30ClNO3. The first-order valence-corrected chi connectivity index (χ1v) is 9.30. The molecule has 0 heterocycles. The van der Waals surface area contributed by atoms with Crippen LogP contribution in [-0.2, 0) is 6.42 Å². The minimum atomic E-state index is -0.525. The molecule has 2 aromatic rings. The first kappa shape index (κ1) is 23.2. The molecule has 27 heavy (non-hydrogen) atoms. The third kappa shape index (κ3) is 8.57. The second kappa shape index (κ2) is 12.5. The molecule has 0 amide bonds. The predicted molar refractivity (Wildman–Crippen MR) is 112 cm³/mol. The Morgan fingerprint density at radius 3 is 2.41 bits per heavy atom. The average molecular weight is 392 g/mol. The number of Topliss-reactive ketones (excluding diaryl/α,β-unsaturated/α-hetero) is 1. The summed E-state index contributed by atoms with van der Waals surface area (Å²) >= 11 is 0. The van der Waals surface area contributed by atoms with E-state index in [2.05, 4.69) is 24.4 Å². The van der Waals surface area contributed by atoms with Crippen molar-refractivity contribution in [3.05, 3.63) is 65.7 Å². The van der Waals surface area contributed by atoms with E-state index in [0.717, 1.165) is 13.0 Å². The minimum Gasteiger partial charge on any atom is -0.491 e. The van der Waals surface area contributed by atoms with Gasteiger partial charge in [-0.2, -0.15) is 0 Å². The highest BCUT2D eigenvalue weighted by atomic mass is 35.5. The Bertz CT molecular complexity index is 661. The van der Waals surface area contributed by atoms with E-state index < -0.39 is 6.10 Å². The van der Waals surface area contributed by atoms with E-state index in [0.29, 0.717) is 30.2 Å². The molecule has 5 heteroatoms. The summed E-state index contributed by atoms with van der Waals surface area (Å²) in [7, 11) is 0. The number of hydrogen-bond donors (Lipinski definition) is 2. The molecule has 2 N–H and O–H groups in total. The zero-order chi connectivity index (χ0) is 18.8. The number of nitrogens with one attached hydrogen (secondary N) is 1. The maximum atomic E-state index is 11.6. The van der Waals surface area contributed by atoms with Crippen LogP contribution in [0.4, 0.5) is 0 Å². The van der Waals surface area contributed by atoms with E-state index in [-0.39, 0.29) is 24.8 Å². The van der Waals surface area contributed by atoms with Crippen LogP contribution in [0.5, 0.6) is 5.75 Å². The number of ketones is 1. The Hall–Kier alpha value is -1.88. The van der Waals surface area contributed by atoms with Crippen LogP contribution in [0.15, 0.2) is 54.6 Å². The molecule has 2 unspecified atom stereocenters. The summed E-state index contributed by atoms with van der Waals surface area (Å²) in [5, 5.41) is 13.5. The van der Waals surface area contributed by atoms with Gasteiger partial charge in [-0.05, 0) is 56.1 Å². The molecule has 0 saturated heterocycles. The van der Waals surface area contributed by atoms with Crippen molar-refractivity contribution in [1.29, 1.82) is 0 Å². The summed E-state index contributed by atoms with van der Waals surface area (Å²) in [6.07, 6.45) is 1.57. The number of aliphatic hydroxyl groups excluding tert-OH is 1. The maximum absolute atomic E-state index is 11.6. The van der Waals surface area contributed by atoms with Crippen molar-refractivity contribution in [2.75, 3.05) is 13.2 Å².